The van der Waals surface area contributed by atoms with Crippen molar-refractivity contribution in [3.05, 3.63) is 29.8 Å². The molecule has 118 valence electrons. The van der Waals surface area contributed by atoms with Gasteiger partial charge in [0.25, 0.3) is 0 Å². The Bertz CT molecular complexity index is 429. The van der Waals surface area contributed by atoms with Gasteiger partial charge >= 0.3 is 0 Å². The van der Waals surface area contributed by atoms with Gasteiger partial charge in [-0.15, -0.1) is 24.0 Å². The van der Waals surface area contributed by atoms with Crippen LogP contribution in [-0.2, 0) is 11.2 Å². The number of methoxy groups -OCH3 is 1. The summed E-state index contributed by atoms with van der Waals surface area (Å²) in [4.78, 5) is 4.19. The first kappa shape index (κ1) is 18.0. The minimum Gasteiger partial charge on any atom is -0.488 e. The fraction of sp³-hybridized carbons (Fsp3) is 0.533. The number of nitrogens with one attached hydrogen (secondary N) is 2. The van der Waals surface area contributed by atoms with E-state index in [9.17, 15) is 0 Å². The van der Waals surface area contributed by atoms with Crippen LogP contribution in [-0.4, -0.2) is 45.9 Å². The maximum Gasteiger partial charge on any atom is 0.191 e. The highest BCUT2D eigenvalue weighted by Gasteiger charge is 2.22. The molecule has 5 nitrogen and oxygen atoms in total. The van der Waals surface area contributed by atoms with Crippen LogP contribution >= 0.6 is 24.0 Å². The van der Waals surface area contributed by atoms with Gasteiger partial charge in [0, 0.05) is 33.7 Å². The molecule has 0 aliphatic carbocycles. The highest BCUT2D eigenvalue weighted by atomic mass is 127. The fourth-order valence-corrected chi connectivity index (χ4v) is 2.22. The number of halogens is 1. The molecule has 1 aromatic carbocycles. The Morgan fingerprint density at radius 2 is 2.19 bits per heavy atom. The number of hydrogen-bond donors (Lipinski definition) is 2. The maximum atomic E-state index is 5.88. The van der Waals surface area contributed by atoms with Gasteiger partial charge in [-0.2, -0.15) is 0 Å². The highest BCUT2D eigenvalue weighted by Crippen LogP contribution is 2.27. The van der Waals surface area contributed by atoms with Crippen LogP contribution in [0.4, 0.5) is 0 Å². The first-order chi connectivity index (χ1) is 9.83. The lowest BCUT2D eigenvalue weighted by Gasteiger charge is -2.15. The van der Waals surface area contributed by atoms with Gasteiger partial charge in [-0.05, 0) is 18.1 Å². The van der Waals surface area contributed by atoms with E-state index in [1.165, 1.54) is 5.56 Å². The summed E-state index contributed by atoms with van der Waals surface area (Å²) in [6, 6.07) is 8.19. The molecule has 2 N–H and O–H groups in total. The molecule has 0 radical (unpaired) electrons. The molecule has 0 saturated carbocycles. The van der Waals surface area contributed by atoms with E-state index >= 15 is 0 Å². The predicted molar refractivity (Wildman–Crippen MR) is 95.8 cm³/mol. The molecule has 0 saturated heterocycles. The van der Waals surface area contributed by atoms with Gasteiger partial charge in [-0.1, -0.05) is 18.2 Å². The van der Waals surface area contributed by atoms with Crippen LogP contribution in [0.1, 0.15) is 12.0 Å². The smallest absolute Gasteiger partial charge is 0.191 e. The van der Waals surface area contributed by atoms with Crippen molar-refractivity contribution in [1.29, 1.82) is 0 Å². The maximum absolute atomic E-state index is 5.88. The van der Waals surface area contributed by atoms with E-state index in [1.54, 1.807) is 14.2 Å². The Kier molecular flexibility index (Phi) is 8.44. The molecule has 6 heteroatoms. The summed E-state index contributed by atoms with van der Waals surface area (Å²) < 4.78 is 10.9. The normalized spacial score (nSPS) is 16.7. The summed E-state index contributed by atoms with van der Waals surface area (Å²) >= 11 is 0. The minimum absolute atomic E-state index is 0. The van der Waals surface area contributed by atoms with E-state index in [1.807, 2.05) is 18.2 Å². The third kappa shape index (κ3) is 5.70. The molecular weight excluding hydrogens is 381 g/mol. The van der Waals surface area contributed by atoms with Gasteiger partial charge in [-0.3, -0.25) is 4.99 Å². The van der Waals surface area contributed by atoms with Gasteiger partial charge in [0.15, 0.2) is 5.96 Å². The molecule has 1 heterocycles. The summed E-state index contributed by atoms with van der Waals surface area (Å²) in [5.74, 6) is 1.81. The summed E-state index contributed by atoms with van der Waals surface area (Å²) in [6.45, 7) is 2.35. The van der Waals surface area contributed by atoms with Crippen molar-refractivity contribution < 1.29 is 9.47 Å². The number of nitrogens with zero attached hydrogens (tertiary/aromatic N) is 1. The average Bonchev–Trinajstić information content (AvgIpc) is 2.89. The van der Waals surface area contributed by atoms with Crippen LogP contribution in [0.3, 0.4) is 0 Å². The van der Waals surface area contributed by atoms with Crippen molar-refractivity contribution in [1.82, 2.24) is 10.6 Å². The second kappa shape index (κ2) is 9.83. The largest absolute Gasteiger partial charge is 0.488 e. The number of rotatable bonds is 6. The van der Waals surface area contributed by atoms with Gasteiger partial charge in [0.05, 0.1) is 6.54 Å². The topological polar surface area (TPSA) is 54.9 Å². The van der Waals surface area contributed by atoms with E-state index in [-0.39, 0.29) is 30.1 Å². The molecule has 1 aromatic rings. The standard InChI is InChI=1S/C15H23N3O2.HI/c1-16-15(17-8-5-9-19-2)18-11-13-10-12-6-3-4-7-14(12)20-13;/h3-4,6-7,13H,5,8-11H2,1-2H3,(H2,16,17,18);1H. The fourth-order valence-electron chi connectivity index (χ4n) is 2.22. The molecule has 0 fully saturated rings. The molecule has 0 bridgehead atoms. The number of fused-ring (bicyclic) bond motifs is 1. The van der Waals surface area contributed by atoms with Crippen molar-refractivity contribution in [2.75, 3.05) is 33.9 Å². The zero-order valence-corrected chi connectivity index (χ0v) is 14.9. The predicted octanol–water partition coefficient (Wildman–Crippen LogP) is 1.81. The number of aliphatic imine (C=N–C) groups is 1. The van der Waals surface area contributed by atoms with E-state index in [4.69, 9.17) is 9.47 Å². The average molecular weight is 405 g/mol. The lowest BCUT2D eigenvalue weighted by molar-refractivity contribution is 0.195. The molecule has 1 aliphatic rings. The first-order valence-corrected chi connectivity index (χ1v) is 7.01. The van der Waals surface area contributed by atoms with Crippen LogP contribution < -0.4 is 15.4 Å². The van der Waals surface area contributed by atoms with Crippen LogP contribution in [0.2, 0.25) is 0 Å². The molecule has 1 atom stereocenters. The second-order valence-electron chi connectivity index (χ2n) is 4.78. The van der Waals surface area contributed by atoms with Crippen LogP contribution in [0.5, 0.6) is 5.75 Å². The Balaban J connectivity index is 0.00000220. The zero-order valence-electron chi connectivity index (χ0n) is 12.6. The molecular formula is C15H24IN3O2. The van der Waals surface area contributed by atoms with E-state index in [2.05, 4.69) is 21.7 Å². The second-order valence-corrected chi connectivity index (χ2v) is 4.78. The molecule has 0 spiro atoms. The molecule has 1 unspecified atom stereocenters. The Labute approximate surface area is 143 Å². The van der Waals surface area contributed by atoms with E-state index in [0.29, 0.717) is 0 Å². The van der Waals surface area contributed by atoms with E-state index < -0.39 is 0 Å². The molecule has 0 aromatic heterocycles. The Morgan fingerprint density at radius 3 is 2.90 bits per heavy atom. The van der Waals surface area contributed by atoms with Crippen molar-refractivity contribution in [3.8, 4) is 5.75 Å². The van der Waals surface area contributed by atoms with Gasteiger partial charge in [-0.25, -0.2) is 0 Å². The third-order valence-corrected chi connectivity index (χ3v) is 3.25. The van der Waals surface area contributed by atoms with Gasteiger partial charge < -0.3 is 20.1 Å². The monoisotopic (exact) mass is 405 g/mol. The van der Waals surface area contributed by atoms with Crippen LogP contribution in [0.15, 0.2) is 29.3 Å². The minimum atomic E-state index is 0. The number of para-hydroxylation sites is 1. The summed E-state index contributed by atoms with van der Waals surface area (Å²) in [6.07, 6.45) is 2.08. The molecule has 21 heavy (non-hydrogen) atoms. The number of ether oxygens (including phenoxy) is 2. The van der Waals surface area contributed by atoms with Crippen molar-refractivity contribution in [3.63, 3.8) is 0 Å². The van der Waals surface area contributed by atoms with Gasteiger partial charge in [0.2, 0.25) is 0 Å². The SMILES string of the molecule is CN=C(NCCCOC)NCC1Cc2ccccc2O1.I. The lowest BCUT2D eigenvalue weighted by atomic mass is 10.1. The molecule has 2 rings (SSSR count). The van der Waals surface area contributed by atoms with E-state index in [0.717, 1.165) is 44.2 Å². The Morgan fingerprint density at radius 1 is 1.38 bits per heavy atom. The summed E-state index contributed by atoms with van der Waals surface area (Å²) in [5.41, 5.74) is 1.28. The number of benzene rings is 1. The quantitative estimate of drug-likeness (QED) is 0.328. The van der Waals surface area contributed by atoms with Crippen LogP contribution in [0.25, 0.3) is 0 Å². The van der Waals surface area contributed by atoms with Gasteiger partial charge in [0.1, 0.15) is 11.9 Å². The number of guanidine groups is 1. The van der Waals surface area contributed by atoms with Crippen molar-refractivity contribution in [2.24, 2.45) is 4.99 Å². The highest BCUT2D eigenvalue weighted by molar-refractivity contribution is 14.0. The molecule has 0 amide bonds. The first-order valence-electron chi connectivity index (χ1n) is 7.01. The van der Waals surface area contributed by atoms with Crippen LogP contribution in [0, 0.1) is 0 Å². The number of hydrogen-bond acceptors (Lipinski definition) is 3. The zero-order chi connectivity index (χ0) is 14.2. The van der Waals surface area contributed by atoms with Crippen molar-refractivity contribution >= 4 is 29.9 Å². The molecule has 1 aliphatic heterocycles. The summed E-state index contributed by atoms with van der Waals surface area (Å²) in [7, 11) is 3.48. The third-order valence-electron chi connectivity index (χ3n) is 3.25. The van der Waals surface area contributed by atoms with Crippen molar-refractivity contribution in [2.45, 2.75) is 18.9 Å². The Hall–Kier alpha value is -1.02. The lowest BCUT2D eigenvalue weighted by Crippen LogP contribution is -2.42. The summed E-state index contributed by atoms with van der Waals surface area (Å²) in [5, 5.41) is 6.55.